The molecule has 2 aliphatic carbocycles. The Morgan fingerprint density at radius 1 is 1.08 bits per heavy atom. The molecule has 1 atom stereocenters. The number of rotatable bonds is 4. The van der Waals surface area contributed by atoms with Gasteiger partial charge in [0.05, 0.1) is 0 Å². The lowest BCUT2D eigenvalue weighted by Crippen LogP contribution is -2.40. The van der Waals surface area contributed by atoms with E-state index in [0.717, 1.165) is 23.1 Å². The first-order valence-corrected chi connectivity index (χ1v) is 8.65. The molecule has 1 heterocycles. The second kappa shape index (κ2) is 5.74. The fourth-order valence-corrected chi connectivity index (χ4v) is 3.90. The molecule has 2 aromatic rings. The molecule has 24 heavy (non-hydrogen) atoms. The number of nitrogens with zero attached hydrogens (tertiary/aromatic N) is 3. The second-order valence-corrected chi connectivity index (χ2v) is 7.03. The molecule has 0 spiro atoms. The predicted molar refractivity (Wildman–Crippen MR) is 93.0 cm³/mol. The molecule has 0 bridgehead atoms. The summed E-state index contributed by atoms with van der Waals surface area (Å²) in [5.74, 6) is 0. The van der Waals surface area contributed by atoms with Gasteiger partial charge in [0.2, 0.25) is 0 Å². The zero-order valence-electron chi connectivity index (χ0n) is 14.2. The lowest BCUT2D eigenvalue weighted by Gasteiger charge is -2.30. The van der Waals surface area contributed by atoms with Crippen molar-refractivity contribution in [1.29, 1.82) is 0 Å². The van der Waals surface area contributed by atoms with Gasteiger partial charge in [-0.15, -0.1) is 0 Å². The van der Waals surface area contributed by atoms with Crippen molar-refractivity contribution in [1.82, 2.24) is 14.0 Å². The van der Waals surface area contributed by atoms with E-state index in [1.165, 1.54) is 31.0 Å². The maximum Gasteiger partial charge on any atom is 0.330 e. The van der Waals surface area contributed by atoms with Gasteiger partial charge in [-0.1, -0.05) is 24.3 Å². The molecular formula is C19H23N3O2. The van der Waals surface area contributed by atoms with Crippen LogP contribution < -0.4 is 11.2 Å². The molecule has 1 aromatic heterocycles. The molecule has 0 saturated heterocycles. The molecule has 0 N–H and O–H groups in total. The summed E-state index contributed by atoms with van der Waals surface area (Å²) >= 11 is 0. The Kier molecular flexibility index (Phi) is 3.68. The van der Waals surface area contributed by atoms with Crippen LogP contribution in [-0.2, 0) is 27.1 Å². The van der Waals surface area contributed by atoms with Crippen LogP contribution in [0.5, 0.6) is 0 Å². The van der Waals surface area contributed by atoms with Gasteiger partial charge in [0.15, 0.2) is 0 Å². The van der Waals surface area contributed by atoms with Crippen LogP contribution in [0.4, 0.5) is 0 Å². The molecule has 0 aliphatic heterocycles. The van der Waals surface area contributed by atoms with E-state index in [9.17, 15) is 9.59 Å². The number of aromatic nitrogens is 2. The van der Waals surface area contributed by atoms with Gasteiger partial charge in [0, 0.05) is 44.5 Å². The Hall–Kier alpha value is -2.14. The monoisotopic (exact) mass is 325 g/mol. The van der Waals surface area contributed by atoms with Gasteiger partial charge in [-0.2, -0.15) is 0 Å². The number of fused-ring (bicyclic) bond motifs is 1. The lowest BCUT2D eigenvalue weighted by atomic mass is 10.1. The Labute approximate surface area is 141 Å². The number of hydrogen-bond donors (Lipinski definition) is 0. The third-order valence-corrected chi connectivity index (χ3v) is 5.49. The largest absolute Gasteiger partial charge is 0.330 e. The number of aryl methyl sites for hydroxylation is 1. The van der Waals surface area contributed by atoms with E-state index in [1.807, 2.05) is 0 Å². The average molecular weight is 325 g/mol. The highest BCUT2D eigenvalue weighted by molar-refractivity contribution is 5.34. The van der Waals surface area contributed by atoms with Crippen molar-refractivity contribution in [3.63, 3.8) is 0 Å². The summed E-state index contributed by atoms with van der Waals surface area (Å²) in [6.07, 6.45) is 4.64. The van der Waals surface area contributed by atoms with E-state index in [2.05, 4.69) is 29.2 Å². The summed E-state index contributed by atoms with van der Waals surface area (Å²) in [5, 5.41) is 0. The normalized spacial score (nSPS) is 19.7. The minimum Gasteiger partial charge on any atom is -0.299 e. The van der Waals surface area contributed by atoms with Crippen LogP contribution in [0, 0.1) is 0 Å². The first kappa shape index (κ1) is 15.4. The molecule has 0 radical (unpaired) electrons. The maximum atomic E-state index is 12.2. The van der Waals surface area contributed by atoms with Crippen LogP contribution in [0.3, 0.4) is 0 Å². The van der Waals surface area contributed by atoms with Gasteiger partial charge in [-0.25, -0.2) is 4.79 Å². The van der Waals surface area contributed by atoms with Crippen molar-refractivity contribution in [2.24, 2.45) is 14.1 Å². The van der Waals surface area contributed by atoms with Crippen LogP contribution in [0.2, 0.25) is 0 Å². The number of benzene rings is 1. The molecule has 4 rings (SSSR count). The summed E-state index contributed by atoms with van der Waals surface area (Å²) in [6, 6.07) is 11.2. The molecule has 1 saturated carbocycles. The van der Waals surface area contributed by atoms with Crippen LogP contribution >= 0.6 is 0 Å². The van der Waals surface area contributed by atoms with E-state index < -0.39 is 0 Å². The minimum atomic E-state index is -0.250. The zero-order valence-corrected chi connectivity index (χ0v) is 14.2. The van der Waals surface area contributed by atoms with E-state index in [-0.39, 0.29) is 11.2 Å². The summed E-state index contributed by atoms with van der Waals surface area (Å²) in [7, 11) is 3.28. The van der Waals surface area contributed by atoms with E-state index in [0.29, 0.717) is 18.6 Å². The van der Waals surface area contributed by atoms with Crippen LogP contribution in [0.25, 0.3) is 0 Å². The predicted octanol–water partition coefficient (Wildman–Crippen LogP) is 1.74. The smallest absolute Gasteiger partial charge is 0.299 e. The van der Waals surface area contributed by atoms with Gasteiger partial charge in [-0.05, 0) is 36.8 Å². The Balaban J connectivity index is 1.70. The highest BCUT2D eigenvalue weighted by atomic mass is 16.2. The highest BCUT2D eigenvalue weighted by Crippen LogP contribution is 2.42. The van der Waals surface area contributed by atoms with Crippen molar-refractivity contribution < 1.29 is 0 Å². The zero-order chi connectivity index (χ0) is 16.8. The Bertz CT molecular complexity index is 892. The van der Waals surface area contributed by atoms with Crippen LogP contribution in [0.15, 0.2) is 39.9 Å². The summed E-state index contributed by atoms with van der Waals surface area (Å²) in [4.78, 5) is 26.7. The number of hydrogen-bond acceptors (Lipinski definition) is 3. The Morgan fingerprint density at radius 3 is 2.58 bits per heavy atom. The SMILES string of the molecule is Cn1c(CN(C2CC2)[C@@H]2CCc3ccccc32)cc(=O)n(C)c1=O. The quantitative estimate of drug-likeness (QED) is 0.860. The minimum absolute atomic E-state index is 0.226. The second-order valence-electron chi connectivity index (χ2n) is 7.03. The lowest BCUT2D eigenvalue weighted by molar-refractivity contribution is 0.172. The van der Waals surface area contributed by atoms with Gasteiger partial charge in [0.25, 0.3) is 5.56 Å². The standard InChI is InChI=1S/C19H23N3O2/c1-20-15(11-18(23)21(2)19(20)24)12-22(14-8-9-14)17-10-7-13-5-3-4-6-16(13)17/h3-6,11,14,17H,7-10,12H2,1-2H3/t17-/m1/s1. The van der Waals surface area contributed by atoms with Crippen molar-refractivity contribution >= 4 is 0 Å². The fourth-order valence-electron chi connectivity index (χ4n) is 3.90. The van der Waals surface area contributed by atoms with E-state index in [4.69, 9.17) is 0 Å². The fraction of sp³-hybridized carbons (Fsp3) is 0.474. The average Bonchev–Trinajstić information content (AvgIpc) is 3.34. The van der Waals surface area contributed by atoms with Crippen LogP contribution in [0.1, 0.15) is 42.1 Å². The molecule has 2 aliphatic rings. The van der Waals surface area contributed by atoms with Gasteiger partial charge < -0.3 is 0 Å². The summed E-state index contributed by atoms with van der Waals surface area (Å²) < 4.78 is 2.77. The third kappa shape index (κ3) is 2.53. The molecule has 1 fully saturated rings. The topological polar surface area (TPSA) is 47.2 Å². The molecule has 0 unspecified atom stereocenters. The molecular weight excluding hydrogens is 302 g/mol. The van der Waals surface area contributed by atoms with Gasteiger partial charge in [0.1, 0.15) is 0 Å². The van der Waals surface area contributed by atoms with Crippen molar-refractivity contribution in [3.05, 3.63) is 68.0 Å². The highest BCUT2D eigenvalue weighted by Gasteiger charge is 2.37. The summed E-state index contributed by atoms with van der Waals surface area (Å²) in [5.41, 5.74) is 3.18. The maximum absolute atomic E-state index is 12.2. The van der Waals surface area contributed by atoms with Crippen molar-refractivity contribution in [2.45, 2.75) is 44.3 Å². The Morgan fingerprint density at radius 2 is 1.83 bits per heavy atom. The van der Waals surface area contributed by atoms with E-state index in [1.54, 1.807) is 17.7 Å². The molecule has 5 nitrogen and oxygen atoms in total. The van der Waals surface area contributed by atoms with Crippen molar-refractivity contribution in [2.75, 3.05) is 0 Å². The van der Waals surface area contributed by atoms with Gasteiger partial charge >= 0.3 is 5.69 Å². The first-order valence-electron chi connectivity index (χ1n) is 8.65. The first-order chi connectivity index (χ1) is 11.6. The van der Waals surface area contributed by atoms with E-state index >= 15 is 0 Å². The molecule has 5 heteroatoms. The van der Waals surface area contributed by atoms with Crippen molar-refractivity contribution in [3.8, 4) is 0 Å². The van der Waals surface area contributed by atoms with Gasteiger partial charge in [-0.3, -0.25) is 18.8 Å². The van der Waals surface area contributed by atoms with Crippen LogP contribution in [-0.4, -0.2) is 20.1 Å². The third-order valence-electron chi connectivity index (χ3n) is 5.49. The summed E-state index contributed by atoms with van der Waals surface area (Å²) in [6.45, 7) is 0.658. The molecule has 1 aromatic carbocycles. The molecule has 0 amide bonds. The molecule has 126 valence electrons.